The molecule has 2 rings (SSSR count). The molecule has 0 fully saturated rings. The summed E-state index contributed by atoms with van der Waals surface area (Å²) in [6.45, 7) is 2.16. The van der Waals surface area contributed by atoms with Crippen LogP contribution < -0.4 is 4.74 Å². The van der Waals surface area contributed by atoms with Crippen molar-refractivity contribution in [3.8, 4) is 5.75 Å². The van der Waals surface area contributed by atoms with Crippen LogP contribution in [0.4, 0.5) is 0 Å². The molecule has 2 aromatic carbocycles. The van der Waals surface area contributed by atoms with E-state index in [1.807, 2.05) is 25.1 Å². The number of benzene rings is 2. The van der Waals surface area contributed by atoms with Gasteiger partial charge in [0.25, 0.3) is 0 Å². The molecule has 0 atom stereocenters. The van der Waals surface area contributed by atoms with Gasteiger partial charge in [0.2, 0.25) is 10.0 Å². The topological polar surface area (TPSA) is 46.6 Å². The van der Waals surface area contributed by atoms with E-state index in [0.29, 0.717) is 5.75 Å². The van der Waals surface area contributed by atoms with E-state index in [9.17, 15) is 8.42 Å². The van der Waals surface area contributed by atoms with Crippen LogP contribution in [-0.4, -0.2) is 26.9 Å². The van der Waals surface area contributed by atoms with Crippen LogP contribution in [0, 0.1) is 6.92 Å². The zero-order chi connectivity index (χ0) is 16.3. The van der Waals surface area contributed by atoms with Crippen molar-refractivity contribution in [2.24, 2.45) is 0 Å². The molecule has 0 bridgehead atoms. The Morgan fingerprint density at radius 3 is 2.36 bits per heavy atom. The van der Waals surface area contributed by atoms with Gasteiger partial charge in [-0.2, -0.15) is 4.31 Å². The smallest absolute Gasteiger partial charge is 0.243 e. The van der Waals surface area contributed by atoms with Crippen LogP contribution in [0.1, 0.15) is 11.1 Å². The molecule has 2 aromatic rings. The van der Waals surface area contributed by atoms with Gasteiger partial charge in [-0.1, -0.05) is 33.6 Å². The Balaban J connectivity index is 2.30. The van der Waals surface area contributed by atoms with Crippen LogP contribution in [0.15, 0.2) is 51.8 Å². The first-order chi connectivity index (χ1) is 10.3. The minimum Gasteiger partial charge on any atom is -0.496 e. The number of aryl methyl sites for hydroxylation is 1. The normalized spacial score (nSPS) is 11.7. The molecule has 22 heavy (non-hydrogen) atoms. The van der Waals surface area contributed by atoms with Gasteiger partial charge in [0.1, 0.15) is 5.75 Å². The highest BCUT2D eigenvalue weighted by molar-refractivity contribution is 9.10. The lowest BCUT2D eigenvalue weighted by atomic mass is 10.2. The number of ether oxygens (including phenoxy) is 1. The predicted octanol–water partition coefficient (Wildman–Crippen LogP) is 3.59. The van der Waals surface area contributed by atoms with Gasteiger partial charge in [-0.15, -0.1) is 0 Å². The van der Waals surface area contributed by atoms with Crippen molar-refractivity contribution in [1.29, 1.82) is 0 Å². The van der Waals surface area contributed by atoms with E-state index in [4.69, 9.17) is 4.74 Å². The van der Waals surface area contributed by atoms with E-state index in [1.54, 1.807) is 38.4 Å². The monoisotopic (exact) mass is 383 g/mol. The fraction of sp³-hybridized carbons (Fsp3) is 0.250. The summed E-state index contributed by atoms with van der Waals surface area (Å²) >= 11 is 3.40. The standard InChI is InChI=1S/C16H18BrNO3S/c1-12-4-7-15(8-5-12)22(19,20)18(2)11-13-10-14(17)6-9-16(13)21-3/h4-10H,11H2,1-3H3. The second-order valence-corrected chi connectivity index (χ2v) is 7.99. The Morgan fingerprint density at radius 2 is 1.77 bits per heavy atom. The van der Waals surface area contributed by atoms with Crippen molar-refractivity contribution in [2.75, 3.05) is 14.2 Å². The molecule has 0 N–H and O–H groups in total. The SMILES string of the molecule is COc1ccc(Br)cc1CN(C)S(=O)(=O)c1ccc(C)cc1. The Kier molecular flexibility index (Phi) is 5.26. The molecule has 0 aliphatic carbocycles. The molecule has 0 unspecified atom stereocenters. The first-order valence-corrected chi connectivity index (χ1v) is 8.93. The number of halogens is 1. The van der Waals surface area contributed by atoms with E-state index < -0.39 is 10.0 Å². The Labute approximate surface area is 139 Å². The molecule has 4 nitrogen and oxygen atoms in total. The molecular weight excluding hydrogens is 366 g/mol. The number of rotatable bonds is 5. The molecule has 0 aliphatic heterocycles. The maximum atomic E-state index is 12.6. The van der Waals surface area contributed by atoms with Gasteiger partial charge < -0.3 is 4.74 Å². The van der Waals surface area contributed by atoms with Gasteiger partial charge >= 0.3 is 0 Å². The van der Waals surface area contributed by atoms with Crippen molar-refractivity contribution < 1.29 is 13.2 Å². The fourth-order valence-corrected chi connectivity index (χ4v) is 3.64. The number of methoxy groups -OCH3 is 1. The molecule has 118 valence electrons. The van der Waals surface area contributed by atoms with Crippen LogP contribution in [0.3, 0.4) is 0 Å². The Bertz CT molecular complexity index is 757. The van der Waals surface area contributed by atoms with Crippen molar-refractivity contribution in [3.63, 3.8) is 0 Å². The molecule has 0 aliphatic rings. The molecule has 0 amide bonds. The summed E-state index contributed by atoms with van der Waals surface area (Å²) < 4.78 is 32.7. The van der Waals surface area contributed by atoms with Crippen LogP contribution in [0.5, 0.6) is 5.75 Å². The molecule has 6 heteroatoms. The Morgan fingerprint density at radius 1 is 1.14 bits per heavy atom. The lowest BCUT2D eigenvalue weighted by Gasteiger charge is -2.19. The van der Waals surface area contributed by atoms with Crippen LogP contribution in [0.2, 0.25) is 0 Å². The second kappa shape index (κ2) is 6.81. The third-order valence-electron chi connectivity index (χ3n) is 3.36. The first-order valence-electron chi connectivity index (χ1n) is 6.70. The van der Waals surface area contributed by atoms with E-state index in [2.05, 4.69) is 15.9 Å². The summed E-state index contributed by atoms with van der Waals surface area (Å²) in [5.74, 6) is 0.661. The minimum atomic E-state index is -3.53. The summed E-state index contributed by atoms with van der Waals surface area (Å²) in [5.41, 5.74) is 1.82. The Hall–Kier alpha value is -1.37. The summed E-state index contributed by atoms with van der Waals surface area (Å²) in [5, 5.41) is 0. The van der Waals surface area contributed by atoms with E-state index in [1.165, 1.54) is 4.31 Å². The van der Waals surface area contributed by atoms with Crippen LogP contribution in [-0.2, 0) is 16.6 Å². The summed E-state index contributed by atoms with van der Waals surface area (Å²) in [6.07, 6.45) is 0. The van der Waals surface area contributed by atoms with Crippen molar-refractivity contribution in [2.45, 2.75) is 18.4 Å². The maximum absolute atomic E-state index is 12.6. The number of nitrogens with zero attached hydrogens (tertiary/aromatic N) is 1. The molecule has 0 heterocycles. The summed E-state index contributed by atoms with van der Waals surface area (Å²) in [7, 11) is -0.394. The number of hydrogen-bond acceptors (Lipinski definition) is 3. The van der Waals surface area contributed by atoms with Gasteiger partial charge in [0.15, 0.2) is 0 Å². The molecule has 0 saturated carbocycles. The zero-order valence-corrected chi connectivity index (χ0v) is 15.1. The van der Waals surface area contributed by atoms with E-state index in [-0.39, 0.29) is 11.4 Å². The van der Waals surface area contributed by atoms with Crippen LogP contribution in [0.25, 0.3) is 0 Å². The highest BCUT2D eigenvalue weighted by atomic mass is 79.9. The van der Waals surface area contributed by atoms with Crippen molar-refractivity contribution in [1.82, 2.24) is 4.31 Å². The molecule has 0 aromatic heterocycles. The molecular formula is C16H18BrNO3S. The molecule has 0 spiro atoms. The van der Waals surface area contributed by atoms with Gasteiger partial charge in [-0.3, -0.25) is 0 Å². The highest BCUT2D eigenvalue weighted by Crippen LogP contribution is 2.26. The average Bonchev–Trinajstić information content (AvgIpc) is 2.48. The highest BCUT2D eigenvalue weighted by Gasteiger charge is 2.21. The quantitative estimate of drug-likeness (QED) is 0.792. The first kappa shape index (κ1) is 17.0. The predicted molar refractivity (Wildman–Crippen MR) is 90.5 cm³/mol. The number of sulfonamides is 1. The third-order valence-corrected chi connectivity index (χ3v) is 5.68. The zero-order valence-electron chi connectivity index (χ0n) is 12.7. The number of hydrogen-bond donors (Lipinski definition) is 0. The fourth-order valence-electron chi connectivity index (χ4n) is 2.09. The lowest BCUT2D eigenvalue weighted by Crippen LogP contribution is -2.26. The van der Waals surface area contributed by atoms with Crippen LogP contribution >= 0.6 is 15.9 Å². The maximum Gasteiger partial charge on any atom is 0.243 e. The minimum absolute atomic E-state index is 0.235. The van der Waals surface area contributed by atoms with Gasteiger partial charge in [0.05, 0.1) is 12.0 Å². The largest absolute Gasteiger partial charge is 0.496 e. The van der Waals surface area contributed by atoms with Crippen molar-refractivity contribution in [3.05, 3.63) is 58.1 Å². The van der Waals surface area contributed by atoms with Gasteiger partial charge in [-0.25, -0.2) is 8.42 Å². The summed E-state index contributed by atoms with van der Waals surface area (Å²) in [4.78, 5) is 0.287. The third kappa shape index (κ3) is 3.69. The average molecular weight is 384 g/mol. The van der Waals surface area contributed by atoms with E-state index in [0.717, 1.165) is 15.6 Å². The van der Waals surface area contributed by atoms with Gasteiger partial charge in [0, 0.05) is 23.6 Å². The van der Waals surface area contributed by atoms with E-state index >= 15 is 0 Å². The second-order valence-electron chi connectivity index (χ2n) is 5.03. The molecule has 0 saturated heterocycles. The molecule has 0 radical (unpaired) electrons. The van der Waals surface area contributed by atoms with Crippen molar-refractivity contribution >= 4 is 26.0 Å². The lowest BCUT2D eigenvalue weighted by molar-refractivity contribution is 0.398. The summed E-state index contributed by atoms with van der Waals surface area (Å²) in [6, 6.07) is 12.4. The van der Waals surface area contributed by atoms with Gasteiger partial charge in [-0.05, 0) is 37.3 Å².